The minimum atomic E-state index is -0.197. The van der Waals surface area contributed by atoms with Crippen LogP contribution in [0, 0.1) is 0 Å². The van der Waals surface area contributed by atoms with Crippen LogP contribution in [0.3, 0.4) is 0 Å². The molecule has 0 saturated carbocycles. The molecule has 0 N–H and O–H groups in total. The Hall–Kier alpha value is 0.210. The summed E-state index contributed by atoms with van der Waals surface area (Å²) in [4.78, 5) is 20.8. The van der Waals surface area contributed by atoms with Gasteiger partial charge in [0, 0.05) is 0 Å². The molecule has 0 heterocycles. The number of hydrogen-bond acceptors (Lipinski definition) is 2. The van der Waals surface area contributed by atoms with Crippen LogP contribution in [0.4, 0.5) is 0 Å². The van der Waals surface area contributed by atoms with Crippen LogP contribution in [0.25, 0.3) is 0 Å². The molecule has 0 aliphatic heterocycles. The quantitative estimate of drug-likeness (QED) is 0.587. The Bertz CT molecular complexity index is 106. The molecule has 0 bridgehead atoms. The number of rotatable bonds is 2. The monoisotopic (exact) mass is 216 g/mol. The Balaban J connectivity index is 3.83. The molecule has 0 aliphatic carbocycles. The topological polar surface area (TPSA) is 34.1 Å². The molecular weight excluding hydrogens is 207 g/mol. The summed E-state index contributed by atoms with van der Waals surface area (Å²) in [5, 5.41) is 0. The predicted molar refractivity (Wildman–Crippen MR) is 33.7 cm³/mol. The maximum absolute atomic E-state index is 10.4. The molecule has 3 heteroatoms. The van der Waals surface area contributed by atoms with E-state index in [1.807, 2.05) is 0 Å². The first-order valence-corrected chi connectivity index (χ1v) is 5.86. The van der Waals surface area contributed by atoms with E-state index in [1.165, 1.54) is 13.8 Å². The van der Waals surface area contributed by atoms with Crippen LogP contribution in [0.1, 0.15) is 13.8 Å². The van der Waals surface area contributed by atoms with Crippen molar-refractivity contribution >= 4 is 35.9 Å². The first kappa shape index (κ1) is 8.21. The van der Waals surface area contributed by atoms with Gasteiger partial charge >= 0.3 is 63.1 Å². The van der Waals surface area contributed by atoms with Gasteiger partial charge in [-0.25, -0.2) is 0 Å². The Morgan fingerprint density at radius 3 is 1.50 bits per heavy atom. The number of Topliss-reactive ketones (excluding diaryl/α,β-unsaturated/α-hetero) is 2. The van der Waals surface area contributed by atoms with Crippen molar-refractivity contribution in [2.45, 2.75) is 17.5 Å². The van der Waals surface area contributed by atoms with Crippen molar-refractivity contribution in [3.8, 4) is 0 Å². The van der Waals surface area contributed by atoms with E-state index in [2.05, 4.69) is 0 Å². The van der Waals surface area contributed by atoms with Crippen molar-refractivity contribution in [2.75, 3.05) is 0 Å². The van der Waals surface area contributed by atoms with Crippen molar-refractivity contribution < 1.29 is 9.59 Å². The van der Waals surface area contributed by atoms with E-state index in [1.54, 1.807) is 0 Å². The maximum atomic E-state index is 10.4. The fraction of sp³-hybridized carbons (Fsp3) is 0.600. The Morgan fingerprint density at radius 1 is 1.25 bits per heavy atom. The van der Waals surface area contributed by atoms with Gasteiger partial charge in [0.1, 0.15) is 0 Å². The van der Waals surface area contributed by atoms with Gasteiger partial charge in [0.05, 0.1) is 0 Å². The molecule has 8 heavy (non-hydrogen) atoms. The average Bonchev–Trinajstić information content (AvgIpc) is 1.64. The molecule has 0 aromatic heterocycles. The summed E-state index contributed by atoms with van der Waals surface area (Å²) in [7, 11) is 0. The third-order valence-corrected chi connectivity index (χ3v) is 5.86. The molecule has 0 rings (SSSR count). The van der Waals surface area contributed by atoms with E-state index in [4.69, 9.17) is 0 Å². The van der Waals surface area contributed by atoms with Gasteiger partial charge in [0.25, 0.3) is 0 Å². The SMILES string of the molecule is CC(=O)[CH]([InH2])C(C)=O. The Kier molecular flexibility index (Phi) is 3.36. The van der Waals surface area contributed by atoms with Crippen LogP contribution in [0.2, 0.25) is 3.67 Å². The van der Waals surface area contributed by atoms with Crippen LogP contribution in [0.5, 0.6) is 0 Å². The van der Waals surface area contributed by atoms with Crippen LogP contribution in [0.15, 0.2) is 0 Å². The zero-order valence-electron chi connectivity index (χ0n) is 5.39. The molecule has 0 aromatic carbocycles. The summed E-state index contributed by atoms with van der Waals surface area (Å²) in [5.41, 5.74) is 0. The molecular formula is C5H9InO2. The van der Waals surface area contributed by atoms with Gasteiger partial charge < -0.3 is 0 Å². The number of carbonyl (C=O) groups is 2. The molecule has 0 unspecified atom stereocenters. The molecule has 0 atom stereocenters. The fourth-order valence-corrected chi connectivity index (χ4v) is 0.286. The zero-order chi connectivity index (χ0) is 6.73. The van der Waals surface area contributed by atoms with Gasteiger partial charge in [0.2, 0.25) is 0 Å². The standard InChI is InChI=1S/C5H7O2.In.2H/c1-4(6)3-5(2)7;;;/h3H,1-2H3;;;. The van der Waals surface area contributed by atoms with E-state index in [-0.39, 0.29) is 39.6 Å². The van der Waals surface area contributed by atoms with Gasteiger partial charge in [-0.2, -0.15) is 0 Å². The van der Waals surface area contributed by atoms with Crippen LogP contribution in [-0.2, 0) is 9.59 Å². The van der Waals surface area contributed by atoms with Crippen molar-refractivity contribution in [1.29, 1.82) is 0 Å². The average molecular weight is 216 g/mol. The molecule has 44 valence electrons. The van der Waals surface area contributed by atoms with Crippen molar-refractivity contribution in [3.05, 3.63) is 0 Å². The predicted octanol–water partition coefficient (Wildman–Crippen LogP) is -0.414. The van der Waals surface area contributed by atoms with Gasteiger partial charge in [-0.1, -0.05) is 0 Å². The molecule has 0 saturated heterocycles. The zero-order valence-corrected chi connectivity index (χ0v) is 11.1. The molecule has 0 radical (unpaired) electrons. The van der Waals surface area contributed by atoms with Crippen LogP contribution < -0.4 is 0 Å². The van der Waals surface area contributed by atoms with E-state index < -0.39 is 0 Å². The molecule has 0 spiro atoms. The third-order valence-electron chi connectivity index (χ3n) is 1.22. The van der Waals surface area contributed by atoms with Crippen molar-refractivity contribution in [3.63, 3.8) is 0 Å². The summed E-state index contributed by atoms with van der Waals surface area (Å²) in [6.07, 6.45) is 0. The summed E-state index contributed by atoms with van der Waals surface area (Å²) < 4.78 is -0.197. The Labute approximate surface area is 63.2 Å². The van der Waals surface area contributed by atoms with Crippen LogP contribution >= 0.6 is 0 Å². The second-order valence-corrected chi connectivity index (χ2v) is 5.24. The second-order valence-electron chi connectivity index (χ2n) is 1.94. The first-order chi connectivity index (χ1) is 3.55. The number of carbonyl (C=O) groups excluding carboxylic acids is 2. The fourth-order valence-electron chi connectivity index (χ4n) is 0.286. The third kappa shape index (κ3) is 2.50. The van der Waals surface area contributed by atoms with Gasteiger partial charge in [-0.05, 0) is 0 Å². The van der Waals surface area contributed by atoms with Gasteiger partial charge in [-0.3, -0.25) is 0 Å². The van der Waals surface area contributed by atoms with Crippen molar-refractivity contribution in [2.24, 2.45) is 0 Å². The number of ketones is 2. The second kappa shape index (κ2) is 3.28. The Morgan fingerprint density at radius 2 is 1.50 bits per heavy atom. The van der Waals surface area contributed by atoms with Crippen LogP contribution in [-0.4, -0.2) is 35.9 Å². The molecule has 2 nitrogen and oxygen atoms in total. The number of hydrogen-bond donors (Lipinski definition) is 0. The van der Waals surface area contributed by atoms with E-state index >= 15 is 0 Å². The normalized spacial score (nSPS) is 9.38. The first-order valence-electron chi connectivity index (χ1n) is 2.56. The van der Waals surface area contributed by atoms with Gasteiger partial charge in [-0.15, -0.1) is 0 Å². The summed E-state index contributed by atoms with van der Waals surface area (Å²) in [5.74, 6) is 0.0709. The molecule has 0 amide bonds. The van der Waals surface area contributed by atoms with E-state index in [0.29, 0.717) is 0 Å². The van der Waals surface area contributed by atoms with Gasteiger partial charge in [0.15, 0.2) is 0 Å². The molecule has 0 aromatic rings. The molecule has 0 fully saturated rings. The summed E-state index contributed by atoms with van der Waals surface area (Å²) in [6, 6.07) is 0. The van der Waals surface area contributed by atoms with E-state index in [0.717, 1.165) is 0 Å². The summed E-state index contributed by atoms with van der Waals surface area (Å²) in [6.45, 7) is 2.95. The van der Waals surface area contributed by atoms with Crippen molar-refractivity contribution in [1.82, 2.24) is 0 Å². The summed E-state index contributed by atoms with van der Waals surface area (Å²) >= 11 is 0.169. The molecule has 0 aliphatic rings. The van der Waals surface area contributed by atoms with E-state index in [9.17, 15) is 9.59 Å². The minimum absolute atomic E-state index is 0.0355.